The number of ether oxygens (including phenoxy) is 2. The predicted octanol–water partition coefficient (Wildman–Crippen LogP) is 3.27. The van der Waals surface area contributed by atoms with Gasteiger partial charge in [-0.1, -0.05) is 18.2 Å². The number of benzene rings is 2. The SMILES string of the molecule is COc1ccc(CC(=O)N2N=C(c3ccc(F)cc3)C[C@]2(O)C(F)(F)F)cc1OC. The van der Waals surface area contributed by atoms with Crippen LogP contribution in [0.15, 0.2) is 47.6 Å². The van der Waals surface area contributed by atoms with Crippen LogP contribution in [0.1, 0.15) is 17.5 Å². The molecule has 2 aromatic carbocycles. The molecular formula is C20H18F4N2O4. The van der Waals surface area contributed by atoms with Crippen molar-refractivity contribution in [3.05, 3.63) is 59.4 Å². The highest BCUT2D eigenvalue weighted by molar-refractivity contribution is 6.03. The van der Waals surface area contributed by atoms with Crippen LogP contribution in [-0.4, -0.2) is 47.9 Å². The molecule has 160 valence electrons. The molecule has 0 saturated heterocycles. The fraction of sp³-hybridized carbons (Fsp3) is 0.300. The third kappa shape index (κ3) is 3.95. The molecule has 0 saturated carbocycles. The molecule has 0 aromatic heterocycles. The van der Waals surface area contributed by atoms with E-state index < -0.39 is 36.5 Å². The molecule has 1 N–H and O–H groups in total. The zero-order valence-electron chi connectivity index (χ0n) is 16.0. The van der Waals surface area contributed by atoms with Crippen LogP contribution in [0.3, 0.4) is 0 Å². The van der Waals surface area contributed by atoms with E-state index in [2.05, 4.69) is 5.10 Å². The molecule has 2 aromatic rings. The Morgan fingerprint density at radius 2 is 1.77 bits per heavy atom. The van der Waals surface area contributed by atoms with Gasteiger partial charge in [-0.15, -0.1) is 0 Å². The van der Waals surface area contributed by atoms with Crippen molar-refractivity contribution in [2.45, 2.75) is 24.7 Å². The molecule has 1 heterocycles. The number of nitrogens with zero attached hydrogens (tertiary/aromatic N) is 2. The van der Waals surface area contributed by atoms with E-state index in [1.165, 1.54) is 44.6 Å². The van der Waals surface area contributed by atoms with Crippen LogP contribution in [0.4, 0.5) is 17.6 Å². The van der Waals surface area contributed by atoms with Gasteiger partial charge in [0.1, 0.15) is 5.82 Å². The monoisotopic (exact) mass is 426 g/mol. The number of hydrogen-bond donors (Lipinski definition) is 1. The van der Waals surface area contributed by atoms with Crippen molar-refractivity contribution in [2.24, 2.45) is 5.10 Å². The van der Waals surface area contributed by atoms with Crippen molar-refractivity contribution in [3.8, 4) is 11.5 Å². The van der Waals surface area contributed by atoms with Crippen LogP contribution in [0, 0.1) is 5.82 Å². The molecule has 1 aliphatic rings. The van der Waals surface area contributed by atoms with Crippen molar-refractivity contribution in [1.29, 1.82) is 0 Å². The summed E-state index contributed by atoms with van der Waals surface area (Å²) in [6.45, 7) is 0. The van der Waals surface area contributed by atoms with Gasteiger partial charge in [-0.25, -0.2) is 4.39 Å². The van der Waals surface area contributed by atoms with E-state index in [0.29, 0.717) is 17.1 Å². The fourth-order valence-corrected chi connectivity index (χ4v) is 3.07. The molecule has 0 unspecified atom stereocenters. The molecule has 6 nitrogen and oxygen atoms in total. The first-order valence-corrected chi connectivity index (χ1v) is 8.75. The van der Waals surface area contributed by atoms with Gasteiger partial charge >= 0.3 is 6.18 Å². The van der Waals surface area contributed by atoms with E-state index in [1.807, 2.05) is 0 Å². The number of carbonyl (C=O) groups is 1. The third-order valence-corrected chi connectivity index (χ3v) is 4.66. The minimum atomic E-state index is -5.16. The number of halogens is 4. The van der Waals surface area contributed by atoms with Gasteiger partial charge in [-0.2, -0.15) is 23.3 Å². The number of amides is 1. The molecule has 3 rings (SSSR count). The molecule has 0 fully saturated rings. The molecule has 30 heavy (non-hydrogen) atoms. The highest BCUT2D eigenvalue weighted by atomic mass is 19.4. The van der Waals surface area contributed by atoms with E-state index in [1.54, 1.807) is 0 Å². The van der Waals surface area contributed by atoms with Crippen molar-refractivity contribution >= 4 is 11.6 Å². The fourth-order valence-electron chi connectivity index (χ4n) is 3.07. The minimum Gasteiger partial charge on any atom is -0.493 e. The zero-order chi connectivity index (χ0) is 22.1. The van der Waals surface area contributed by atoms with Gasteiger partial charge in [-0.3, -0.25) is 4.79 Å². The quantitative estimate of drug-likeness (QED) is 0.745. The molecule has 1 aliphatic heterocycles. The zero-order valence-corrected chi connectivity index (χ0v) is 16.0. The standard InChI is InChI=1S/C20H18F4N2O4/c1-29-16-8-3-12(9-17(16)30-2)10-18(27)26-19(28,20(22,23)24)11-15(25-26)13-4-6-14(21)7-5-13/h3-9,28H,10-11H2,1-2H3/t19-/m0/s1. The number of hydrazone groups is 1. The lowest BCUT2D eigenvalue weighted by Crippen LogP contribution is -2.57. The Kier molecular flexibility index (Phi) is 5.71. The number of aliphatic hydroxyl groups is 1. The second-order valence-electron chi connectivity index (χ2n) is 6.62. The van der Waals surface area contributed by atoms with Crippen LogP contribution >= 0.6 is 0 Å². The first kappa shape index (κ1) is 21.6. The largest absolute Gasteiger partial charge is 0.493 e. The van der Waals surface area contributed by atoms with Gasteiger partial charge < -0.3 is 14.6 Å². The Bertz CT molecular complexity index is 976. The van der Waals surface area contributed by atoms with E-state index in [0.717, 1.165) is 12.1 Å². The Balaban J connectivity index is 1.93. The van der Waals surface area contributed by atoms with E-state index in [-0.39, 0.29) is 16.3 Å². The summed E-state index contributed by atoms with van der Waals surface area (Å²) < 4.78 is 64.3. The van der Waals surface area contributed by atoms with E-state index >= 15 is 0 Å². The summed E-state index contributed by atoms with van der Waals surface area (Å²) in [4.78, 5) is 12.7. The Morgan fingerprint density at radius 1 is 1.13 bits per heavy atom. The molecule has 0 spiro atoms. The molecular weight excluding hydrogens is 408 g/mol. The predicted molar refractivity (Wildman–Crippen MR) is 98.7 cm³/mol. The Hall–Kier alpha value is -3.14. The normalized spacial score (nSPS) is 18.9. The second kappa shape index (κ2) is 7.94. The van der Waals surface area contributed by atoms with Crippen LogP contribution in [0.2, 0.25) is 0 Å². The number of alkyl halides is 3. The molecule has 0 bridgehead atoms. The summed E-state index contributed by atoms with van der Waals surface area (Å²) in [5, 5.41) is 14.1. The topological polar surface area (TPSA) is 71.4 Å². The first-order valence-electron chi connectivity index (χ1n) is 8.75. The Labute approximate surface area is 169 Å². The van der Waals surface area contributed by atoms with Gasteiger partial charge in [-0.05, 0) is 35.4 Å². The van der Waals surface area contributed by atoms with Gasteiger partial charge in [0.15, 0.2) is 11.5 Å². The minimum absolute atomic E-state index is 0.0440. The van der Waals surface area contributed by atoms with Crippen LogP contribution in [-0.2, 0) is 11.2 Å². The molecule has 10 heteroatoms. The lowest BCUT2D eigenvalue weighted by molar-refractivity contribution is -0.302. The van der Waals surface area contributed by atoms with Crippen molar-refractivity contribution in [1.82, 2.24) is 5.01 Å². The van der Waals surface area contributed by atoms with Gasteiger partial charge in [0.2, 0.25) is 5.91 Å². The number of rotatable bonds is 5. The highest BCUT2D eigenvalue weighted by Gasteiger charge is 2.63. The first-order chi connectivity index (χ1) is 14.1. The maximum atomic E-state index is 13.7. The molecule has 1 amide bonds. The summed E-state index contributed by atoms with van der Waals surface area (Å²) in [5.41, 5.74) is -3.19. The molecule has 1 atom stereocenters. The molecule has 0 radical (unpaired) electrons. The van der Waals surface area contributed by atoms with E-state index in [9.17, 15) is 27.5 Å². The lowest BCUT2D eigenvalue weighted by Gasteiger charge is -2.32. The summed E-state index contributed by atoms with van der Waals surface area (Å²) in [6, 6.07) is 9.02. The van der Waals surface area contributed by atoms with Gasteiger partial charge in [0.25, 0.3) is 5.72 Å². The summed E-state index contributed by atoms with van der Waals surface area (Å²) in [5.74, 6) is -0.965. The summed E-state index contributed by atoms with van der Waals surface area (Å²) in [7, 11) is 2.80. The van der Waals surface area contributed by atoms with Crippen molar-refractivity contribution in [3.63, 3.8) is 0 Å². The number of carbonyl (C=O) groups excluding carboxylic acids is 1. The van der Waals surface area contributed by atoms with Crippen molar-refractivity contribution in [2.75, 3.05) is 14.2 Å². The molecule has 0 aliphatic carbocycles. The maximum Gasteiger partial charge on any atom is 0.438 e. The Morgan fingerprint density at radius 3 is 2.33 bits per heavy atom. The van der Waals surface area contributed by atoms with Gasteiger partial charge in [0, 0.05) is 0 Å². The highest BCUT2D eigenvalue weighted by Crippen LogP contribution is 2.41. The van der Waals surface area contributed by atoms with Crippen LogP contribution in [0.5, 0.6) is 11.5 Å². The average Bonchev–Trinajstić information content (AvgIpc) is 3.07. The number of methoxy groups -OCH3 is 2. The second-order valence-corrected chi connectivity index (χ2v) is 6.62. The average molecular weight is 426 g/mol. The number of hydrogen-bond acceptors (Lipinski definition) is 5. The smallest absolute Gasteiger partial charge is 0.438 e. The van der Waals surface area contributed by atoms with Crippen molar-refractivity contribution < 1.29 is 36.9 Å². The lowest BCUT2D eigenvalue weighted by atomic mass is 10.0. The van der Waals surface area contributed by atoms with Crippen LogP contribution < -0.4 is 9.47 Å². The van der Waals surface area contributed by atoms with E-state index in [4.69, 9.17) is 9.47 Å². The summed E-state index contributed by atoms with van der Waals surface area (Å²) in [6.07, 6.45) is -6.61. The maximum absolute atomic E-state index is 13.7. The van der Waals surface area contributed by atoms with Crippen LogP contribution in [0.25, 0.3) is 0 Å². The summed E-state index contributed by atoms with van der Waals surface area (Å²) >= 11 is 0. The van der Waals surface area contributed by atoms with Gasteiger partial charge in [0.05, 0.1) is 32.8 Å². The third-order valence-electron chi connectivity index (χ3n) is 4.66.